The van der Waals surface area contributed by atoms with Crippen LogP contribution in [0.1, 0.15) is 86.9 Å². The molecule has 12 heteroatoms. The maximum Gasteiger partial charge on any atom is 0.410 e. The fraction of sp³-hybridized carbons (Fsp3) is 0.432. The summed E-state index contributed by atoms with van der Waals surface area (Å²) in [4.78, 5) is 38.8. The van der Waals surface area contributed by atoms with Gasteiger partial charge in [0, 0.05) is 13.0 Å². The van der Waals surface area contributed by atoms with E-state index in [1.165, 1.54) is 11.0 Å². The second kappa shape index (κ2) is 16.8. The fourth-order valence-electron chi connectivity index (χ4n) is 5.53. The van der Waals surface area contributed by atoms with Crippen molar-refractivity contribution in [2.75, 3.05) is 18.8 Å². The van der Waals surface area contributed by atoms with Crippen LogP contribution in [0.2, 0.25) is 0 Å². The molecular formula is C37H47N3O8S. The summed E-state index contributed by atoms with van der Waals surface area (Å²) in [7, 11) is -4.09. The number of carbonyl (C=O) groups is 3. The quantitative estimate of drug-likeness (QED) is 0.199. The maximum absolute atomic E-state index is 13.1. The Bertz CT molecular complexity index is 1680. The number of hydrogen-bond donors (Lipinski definition) is 3. The van der Waals surface area contributed by atoms with Gasteiger partial charge in [-0.2, -0.15) is 0 Å². The second-order valence-electron chi connectivity index (χ2n) is 13.4. The molecule has 1 aliphatic rings. The molecule has 0 radical (unpaired) electrons. The zero-order valence-electron chi connectivity index (χ0n) is 28.4. The first-order valence-electron chi connectivity index (χ1n) is 16.6. The van der Waals surface area contributed by atoms with Crippen LogP contribution < -0.4 is 15.2 Å². The highest BCUT2D eigenvalue weighted by Crippen LogP contribution is 2.31. The molecule has 3 aromatic rings. The van der Waals surface area contributed by atoms with Crippen LogP contribution >= 0.6 is 0 Å². The number of aliphatic hydroxyl groups excluding tert-OH is 1. The Hall–Kier alpha value is -4.42. The van der Waals surface area contributed by atoms with E-state index in [4.69, 9.17) is 15.2 Å². The summed E-state index contributed by atoms with van der Waals surface area (Å²) in [6.07, 6.45) is 3.42. The van der Waals surface area contributed by atoms with Crippen LogP contribution in [0.3, 0.4) is 0 Å². The van der Waals surface area contributed by atoms with Gasteiger partial charge < -0.3 is 25.2 Å². The van der Waals surface area contributed by atoms with Crippen molar-refractivity contribution in [1.29, 1.82) is 0 Å². The topological polar surface area (TPSA) is 165 Å². The van der Waals surface area contributed by atoms with Gasteiger partial charge in [0.05, 0.1) is 30.1 Å². The molecule has 0 bridgehead atoms. The van der Waals surface area contributed by atoms with E-state index in [1.54, 1.807) is 32.9 Å². The number of amides is 3. The monoisotopic (exact) mass is 693 g/mol. The minimum absolute atomic E-state index is 0.0765. The number of carbonyl (C=O) groups excluding carboxylic acids is 3. The number of nitrogens with zero attached hydrogens (tertiary/aromatic N) is 1. The molecule has 1 atom stereocenters. The Morgan fingerprint density at radius 1 is 0.959 bits per heavy atom. The number of ether oxygens (including phenoxy) is 2. The molecule has 1 saturated carbocycles. The summed E-state index contributed by atoms with van der Waals surface area (Å²) in [5.74, 6) is -1.94. The highest BCUT2D eigenvalue weighted by molar-refractivity contribution is 7.90. The van der Waals surface area contributed by atoms with Crippen LogP contribution in [-0.2, 0) is 26.0 Å². The standard InChI is InChI=1S/C37H47N3O8S/c1-37(2,3)48-36(44)40(25-32(41)28-10-6-4-7-11-28)22-20-26-14-16-27(17-15-26)29-18-19-31(33(24-29)47-30-12-8-5-9-13-30)35(43)39-49(45,46)23-21-34(38)42/h4,6-7,10-11,14-19,24,30,32,41H,5,8-9,12-13,20-23,25H2,1-3H3,(H2,38,42)(H,39,43)/t32-/m0/s1. The average Bonchev–Trinajstić information content (AvgIpc) is 3.05. The Morgan fingerprint density at radius 3 is 2.24 bits per heavy atom. The van der Waals surface area contributed by atoms with Gasteiger partial charge in [-0.3, -0.25) is 9.59 Å². The predicted octanol–water partition coefficient (Wildman–Crippen LogP) is 5.51. The molecule has 1 fully saturated rings. The molecule has 0 aromatic heterocycles. The molecule has 3 aromatic carbocycles. The van der Waals surface area contributed by atoms with Gasteiger partial charge >= 0.3 is 6.09 Å². The Kier molecular flexibility index (Phi) is 12.8. The Balaban J connectivity index is 1.51. The first kappa shape index (κ1) is 37.4. The first-order valence-corrected chi connectivity index (χ1v) is 18.3. The van der Waals surface area contributed by atoms with Crippen LogP contribution in [0.15, 0.2) is 72.8 Å². The lowest BCUT2D eigenvalue weighted by Gasteiger charge is -2.29. The van der Waals surface area contributed by atoms with Gasteiger partial charge in [0.1, 0.15) is 11.4 Å². The van der Waals surface area contributed by atoms with Gasteiger partial charge in [0.15, 0.2) is 0 Å². The summed E-state index contributed by atoms with van der Waals surface area (Å²) in [6.45, 7) is 5.80. The van der Waals surface area contributed by atoms with Crippen LogP contribution in [0.5, 0.6) is 5.75 Å². The number of nitrogens with one attached hydrogen (secondary N) is 1. The zero-order valence-corrected chi connectivity index (χ0v) is 29.2. The van der Waals surface area contributed by atoms with Crippen LogP contribution in [-0.4, -0.2) is 66.9 Å². The van der Waals surface area contributed by atoms with Gasteiger partial charge in [-0.25, -0.2) is 17.9 Å². The molecule has 3 amide bonds. The Morgan fingerprint density at radius 2 is 1.61 bits per heavy atom. The van der Waals surface area contributed by atoms with Crippen molar-refractivity contribution >= 4 is 27.9 Å². The van der Waals surface area contributed by atoms with E-state index in [9.17, 15) is 27.9 Å². The molecule has 0 aliphatic heterocycles. The highest BCUT2D eigenvalue weighted by atomic mass is 32.2. The van der Waals surface area contributed by atoms with Crippen LogP contribution in [0.25, 0.3) is 11.1 Å². The number of primary amides is 1. The lowest BCUT2D eigenvalue weighted by atomic mass is 9.97. The third-order valence-electron chi connectivity index (χ3n) is 8.12. The smallest absolute Gasteiger partial charge is 0.410 e. The number of aliphatic hydroxyl groups is 1. The molecule has 1 aliphatic carbocycles. The molecule has 0 unspecified atom stereocenters. The SMILES string of the molecule is CC(C)(C)OC(=O)N(CCc1ccc(-c2ccc(C(=O)NS(=O)(=O)CCC(N)=O)c(OC3CCCCC3)c2)cc1)C[C@H](O)c1ccccc1. The summed E-state index contributed by atoms with van der Waals surface area (Å²) in [5, 5.41) is 10.8. The summed E-state index contributed by atoms with van der Waals surface area (Å²) in [6, 6.07) is 21.9. The molecule has 4 N–H and O–H groups in total. The van der Waals surface area contributed by atoms with E-state index in [0.717, 1.165) is 48.8 Å². The molecule has 0 spiro atoms. The molecule has 264 valence electrons. The largest absolute Gasteiger partial charge is 0.490 e. The van der Waals surface area contributed by atoms with Crippen LogP contribution in [0.4, 0.5) is 4.79 Å². The number of sulfonamides is 1. The number of hydrogen-bond acceptors (Lipinski definition) is 8. The minimum Gasteiger partial charge on any atom is -0.490 e. The van der Waals surface area contributed by atoms with Gasteiger partial charge in [-0.15, -0.1) is 0 Å². The summed E-state index contributed by atoms with van der Waals surface area (Å²) < 4.78 is 38.8. The molecule has 4 rings (SSSR count). The number of rotatable bonds is 14. The number of benzene rings is 3. The summed E-state index contributed by atoms with van der Waals surface area (Å²) >= 11 is 0. The Labute approximate surface area is 288 Å². The van der Waals surface area contributed by atoms with Crippen molar-refractivity contribution < 1.29 is 37.4 Å². The normalized spacial score (nSPS) is 14.4. The van der Waals surface area contributed by atoms with E-state index in [2.05, 4.69) is 0 Å². The molecule has 11 nitrogen and oxygen atoms in total. The second-order valence-corrected chi connectivity index (χ2v) is 15.2. The van der Waals surface area contributed by atoms with Gasteiger partial charge in [-0.05, 0) is 87.3 Å². The predicted molar refractivity (Wildman–Crippen MR) is 187 cm³/mol. The van der Waals surface area contributed by atoms with E-state index < -0.39 is 51.8 Å². The zero-order chi connectivity index (χ0) is 35.6. The van der Waals surface area contributed by atoms with Crippen molar-refractivity contribution in [1.82, 2.24) is 9.62 Å². The third kappa shape index (κ3) is 11.9. The summed E-state index contributed by atoms with van der Waals surface area (Å²) in [5.41, 5.74) is 7.76. The van der Waals surface area contributed by atoms with E-state index in [0.29, 0.717) is 18.5 Å². The van der Waals surface area contributed by atoms with Crippen molar-refractivity contribution in [2.24, 2.45) is 5.73 Å². The number of nitrogens with two attached hydrogens (primary N) is 1. The van der Waals surface area contributed by atoms with Crippen molar-refractivity contribution in [2.45, 2.75) is 83.5 Å². The van der Waals surface area contributed by atoms with Crippen molar-refractivity contribution in [3.05, 3.63) is 89.5 Å². The third-order valence-corrected chi connectivity index (χ3v) is 9.36. The van der Waals surface area contributed by atoms with E-state index in [1.807, 2.05) is 59.3 Å². The first-order chi connectivity index (χ1) is 23.2. The van der Waals surface area contributed by atoms with Crippen molar-refractivity contribution in [3.63, 3.8) is 0 Å². The van der Waals surface area contributed by atoms with Crippen LogP contribution in [0, 0.1) is 0 Å². The maximum atomic E-state index is 13.1. The molecule has 49 heavy (non-hydrogen) atoms. The highest BCUT2D eigenvalue weighted by Gasteiger charge is 2.26. The lowest BCUT2D eigenvalue weighted by molar-refractivity contribution is -0.117. The van der Waals surface area contributed by atoms with E-state index in [-0.39, 0.29) is 24.0 Å². The lowest BCUT2D eigenvalue weighted by Crippen LogP contribution is -2.40. The van der Waals surface area contributed by atoms with E-state index >= 15 is 0 Å². The molecule has 0 heterocycles. The minimum atomic E-state index is -4.09. The molecular weight excluding hydrogens is 646 g/mol. The van der Waals surface area contributed by atoms with Gasteiger partial charge in [0.2, 0.25) is 15.9 Å². The van der Waals surface area contributed by atoms with Gasteiger partial charge in [0.25, 0.3) is 5.91 Å². The molecule has 0 saturated heterocycles. The average molecular weight is 694 g/mol. The van der Waals surface area contributed by atoms with Crippen molar-refractivity contribution in [3.8, 4) is 16.9 Å². The van der Waals surface area contributed by atoms with Gasteiger partial charge in [-0.1, -0.05) is 67.1 Å². The fourth-order valence-corrected chi connectivity index (χ4v) is 6.50.